The third kappa shape index (κ3) is 1.61. The minimum atomic E-state index is -0.0609. The SMILES string of the molecule is COc1ccc(C(C)(C)C2(N)CC2)nc1. The maximum atomic E-state index is 6.26. The maximum absolute atomic E-state index is 6.26. The third-order valence-electron chi connectivity index (χ3n) is 3.65. The van der Waals surface area contributed by atoms with Crippen LogP contribution in [-0.2, 0) is 5.41 Å². The van der Waals surface area contributed by atoms with Gasteiger partial charge in [0.05, 0.1) is 13.3 Å². The lowest BCUT2D eigenvalue weighted by molar-refractivity contribution is 0.376. The minimum absolute atomic E-state index is 0.0563. The predicted molar refractivity (Wildman–Crippen MR) is 60.0 cm³/mol. The first-order chi connectivity index (χ1) is 6.99. The number of hydrogen-bond acceptors (Lipinski definition) is 3. The lowest BCUT2D eigenvalue weighted by Crippen LogP contribution is -2.43. The van der Waals surface area contributed by atoms with Crippen molar-refractivity contribution in [1.29, 1.82) is 0 Å². The molecule has 0 atom stereocenters. The first kappa shape index (κ1) is 10.4. The van der Waals surface area contributed by atoms with Gasteiger partial charge in [-0.25, -0.2) is 0 Å². The van der Waals surface area contributed by atoms with Gasteiger partial charge in [-0.2, -0.15) is 0 Å². The molecule has 0 amide bonds. The third-order valence-corrected chi connectivity index (χ3v) is 3.65. The van der Waals surface area contributed by atoms with Crippen LogP contribution in [0.1, 0.15) is 32.4 Å². The molecule has 0 aliphatic heterocycles. The summed E-state index contributed by atoms with van der Waals surface area (Å²) in [7, 11) is 1.65. The molecule has 1 aliphatic carbocycles. The monoisotopic (exact) mass is 206 g/mol. The quantitative estimate of drug-likeness (QED) is 0.821. The van der Waals surface area contributed by atoms with Crippen molar-refractivity contribution in [1.82, 2.24) is 4.98 Å². The van der Waals surface area contributed by atoms with E-state index in [-0.39, 0.29) is 11.0 Å². The average Bonchev–Trinajstić information content (AvgIpc) is 2.98. The van der Waals surface area contributed by atoms with Crippen LogP contribution in [0.15, 0.2) is 18.3 Å². The van der Waals surface area contributed by atoms with Crippen LogP contribution in [-0.4, -0.2) is 17.6 Å². The topological polar surface area (TPSA) is 48.1 Å². The number of ether oxygens (including phenoxy) is 1. The molecular formula is C12H18N2O. The van der Waals surface area contributed by atoms with E-state index in [9.17, 15) is 0 Å². The number of pyridine rings is 1. The highest BCUT2D eigenvalue weighted by atomic mass is 16.5. The molecule has 82 valence electrons. The molecule has 3 nitrogen and oxygen atoms in total. The van der Waals surface area contributed by atoms with E-state index >= 15 is 0 Å². The number of nitrogens with two attached hydrogens (primary N) is 1. The summed E-state index contributed by atoms with van der Waals surface area (Å²) in [5, 5.41) is 0. The lowest BCUT2D eigenvalue weighted by Gasteiger charge is -2.31. The van der Waals surface area contributed by atoms with Gasteiger partial charge in [-0.15, -0.1) is 0 Å². The molecule has 1 saturated carbocycles. The summed E-state index contributed by atoms with van der Waals surface area (Å²) in [4.78, 5) is 4.42. The van der Waals surface area contributed by atoms with E-state index in [4.69, 9.17) is 10.5 Å². The van der Waals surface area contributed by atoms with Crippen molar-refractivity contribution in [2.24, 2.45) is 5.73 Å². The fourth-order valence-electron chi connectivity index (χ4n) is 1.89. The smallest absolute Gasteiger partial charge is 0.137 e. The minimum Gasteiger partial charge on any atom is -0.495 e. The summed E-state index contributed by atoms with van der Waals surface area (Å²) in [5.74, 6) is 0.788. The van der Waals surface area contributed by atoms with E-state index in [2.05, 4.69) is 18.8 Å². The van der Waals surface area contributed by atoms with Gasteiger partial charge in [0.15, 0.2) is 0 Å². The second-order valence-electron chi connectivity index (χ2n) is 4.86. The van der Waals surface area contributed by atoms with Gasteiger partial charge in [0, 0.05) is 16.6 Å². The van der Waals surface area contributed by atoms with Gasteiger partial charge in [0.2, 0.25) is 0 Å². The van der Waals surface area contributed by atoms with Crippen LogP contribution in [0.4, 0.5) is 0 Å². The lowest BCUT2D eigenvalue weighted by atomic mass is 9.79. The zero-order chi connectivity index (χ0) is 11.1. The van der Waals surface area contributed by atoms with Crippen LogP contribution in [0.2, 0.25) is 0 Å². The van der Waals surface area contributed by atoms with E-state index in [0.717, 1.165) is 24.3 Å². The molecule has 1 aromatic rings. The zero-order valence-corrected chi connectivity index (χ0v) is 9.58. The van der Waals surface area contributed by atoms with Crippen LogP contribution in [0.3, 0.4) is 0 Å². The van der Waals surface area contributed by atoms with Gasteiger partial charge in [0.1, 0.15) is 5.75 Å². The number of hydrogen-bond donors (Lipinski definition) is 1. The molecule has 1 heterocycles. The highest BCUT2D eigenvalue weighted by molar-refractivity contribution is 5.30. The Morgan fingerprint density at radius 2 is 2.07 bits per heavy atom. The van der Waals surface area contributed by atoms with Crippen molar-refractivity contribution in [3.05, 3.63) is 24.0 Å². The van der Waals surface area contributed by atoms with E-state index in [1.807, 2.05) is 12.1 Å². The van der Waals surface area contributed by atoms with Gasteiger partial charge in [-0.1, -0.05) is 13.8 Å². The normalized spacial score (nSPS) is 18.7. The molecule has 0 unspecified atom stereocenters. The van der Waals surface area contributed by atoms with Crippen LogP contribution in [0.25, 0.3) is 0 Å². The first-order valence-corrected chi connectivity index (χ1v) is 5.29. The average molecular weight is 206 g/mol. The molecule has 2 N–H and O–H groups in total. The number of nitrogens with zero attached hydrogens (tertiary/aromatic N) is 1. The Morgan fingerprint density at radius 3 is 2.47 bits per heavy atom. The Hall–Kier alpha value is -1.09. The number of aromatic nitrogens is 1. The predicted octanol–water partition coefficient (Wildman–Crippen LogP) is 1.86. The molecule has 0 radical (unpaired) electrons. The molecule has 1 aromatic heterocycles. The molecule has 1 aliphatic rings. The van der Waals surface area contributed by atoms with Crippen molar-refractivity contribution < 1.29 is 4.74 Å². The Bertz CT molecular complexity index is 352. The van der Waals surface area contributed by atoms with Gasteiger partial charge >= 0.3 is 0 Å². The highest BCUT2D eigenvalue weighted by Gasteiger charge is 2.52. The second kappa shape index (κ2) is 3.20. The van der Waals surface area contributed by atoms with Crippen molar-refractivity contribution in [3.63, 3.8) is 0 Å². The van der Waals surface area contributed by atoms with E-state index in [1.54, 1.807) is 13.3 Å². The Labute approximate surface area is 90.7 Å². The van der Waals surface area contributed by atoms with Gasteiger partial charge in [-0.3, -0.25) is 4.98 Å². The van der Waals surface area contributed by atoms with Gasteiger partial charge in [0.25, 0.3) is 0 Å². The first-order valence-electron chi connectivity index (χ1n) is 5.29. The van der Waals surface area contributed by atoms with Crippen molar-refractivity contribution >= 4 is 0 Å². The maximum Gasteiger partial charge on any atom is 0.137 e. The second-order valence-corrected chi connectivity index (χ2v) is 4.86. The summed E-state index contributed by atoms with van der Waals surface area (Å²) in [6.07, 6.45) is 3.93. The number of rotatable bonds is 3. The molecular weight excluding hydrogens is 188 g/mol. The Morgan fingerprint density at radius 1 is 1.40 bits per heavy atom. The molecule has 3 heteroatoms. The van der Waals surface area contributed by atoms with Crippen LogP contribution in [0.5, 0.6) is 5.75 Å². The molecule has 0 aromatic carbocycles. The van der Waals surface area contributed by atoms with Crippen LogP contribution >= 0.6 is 0 Å². The summed E-state index contributed by atoms with van der Waals surface area (Å²) < 4.78 is 5.09. The fourth-order valence-corrected chi connectivity index (χ4v) is 1.89. The fraction of sp³-hybridized carbons (Fsp3) is 0.583. The molecule has 0 bridgehead atoms. The Balaban J connectivity index is 2.29. The standard InChI is InChI=1S/C12H18N2O/c1-11(2,12(13)6-7-12)10-5-4-9(15-3)8-14-10/h4-5,8H,6-7,13H2,1-3H3. The molecule has 15 heavy (non-hydrogen) atoms. The molecule has 1 fully saturated rings. The largest absolute Gasteiger partial charge is 0.495 e. The summed E-state index contributed by atoms with van der Waals surface area (Å²) in [6.45, 7) is 4.32. The van der Waals surface area contributed by atoms with Crippen molar-refractivity contribution in [2.45, 2.75) is 37.6 Å². The van der Waals surface area contributed by atoms with Gasteiger partial charge in [-0.05, 0) is 25.0 Å². The number of methoxy groups -OCH3 is 1. The molecule has 0 spiro atoms. The van der Waals surface area contributed by atoms with E-state index < -0.39 is 0 Å². The van der Waals surface area contributed by atoms with Crippen LogP contribution in [0, 0.1) is 0 Å². The summed E-state index contributed by atoms with van der Waals surface area (Å²) in [5.41, 5.74) is 7.18. The summed E-state index contributed by atoms with van der Waals surface area (Å²) >= 11 is 0. The van der Waals surface area contributed by atoms with Crippen molar-refractivity contribution in [2.75, 3.05) is 7.11 Å². The van der Waals surface area contributed by atoms with Crippen molar-refractivity contribution in [3.8, 4) is 5.75 Å². The van der Waals surface area contributed by atoms with E-state index in [1.165, 1.54) is 0 Å². The van der Waals surface area contributed by atoms with Crippen LogP contribution < -0.4 is 10.5 Å². The Kier molecular flexibility index (Phi) is 2.23. The summed E-state index contributed by atoms with van der Waals surface area (Å²) in [6, 6.07) is 3.95. The van der Waals surface area contributed by atoms with E-state index in [0.29, 0.717) is 0 Å². The highest BCUT2D eigenvalue weighted by Crippen LogP contribution is 2.48. The molecule has 0 saturated heterocycles. The molecule has 2 rings (SSSR count). The van der Waals surface area contributed by atoms with Gasteiger partial charge < -0.3 is 10.5 Å². The zero-order valence-electron chi connectivity index (χ0n) is 9.58.